The van der Waals surface area contributed by atoms with Gasteiger partial charge in [0, 0.05) is 31.9 Å². The first-order chi connectivity index (χ1) is 13.5. The molecule has 1 unspecified atom stereocenters. The second-order valence-corrected chi connectivity index (χ2v) is 12.1. The van der Waals surface area contributed by atoms with E-state index in [1.54, 1.807) is 0 Å². The summed E-state index contributed by atoms with van der Waals surface area (Å²) in [6.07, 6.45) is 0.201. The summed E-state index contributed by atoms with van der Waals surface area (Å²) in [6.45, 7) is -0.159. The predicted octanol–water partition coefficient (Wildman–Crippen LogP) is 1.18. The van der Waals surface area contributed by atoms with Crippen molar-refractivity contribution in [1.29, 1.82) is 0 Å². The zero-order valence-electron chi connectivity index (χ0n) is 15.5. The normalized spacial score (nSPS) is 21.9. The summed E-state index contributed by atoms with van der Waals surface area (Å²) < 4.78 is 53.5. The second-order valence-electron chi connectivity index (χ2n) is 7.03. The number of rotatable bonds is 6. The molecule has 1 aromatic rings. The van der Waals surface area contributed by atoms with Gasteiger partial charge < -0.3 is 4.74 Å². The Labute approximate surface area is 173 Å². The van der Waals surface area contributed by atoms with Crippen LogP contribution in [-0.2, 0) is 40.4 Å². The molecule has 0 spiro atoms. The van der Waals surface area contributed by atoms with Crippen molar-refractivity contribution in [3.63, 3.8) is 0 Å². The Morgan fingerprint density at radius 1 is 1.21 bits per heavy atom. The highest BCUT2D eigenvalue weighted by atomic mass is 35.5. The highest BCUT2D eigenvalue weighted by molar-refractivity contribution is 8.09. The Balaban J connectivity index is 2.02. The van der Waals surface area contributed by atoms with Crippen LogP contribution < -0.4 is 0 Å². The first kappa shape index (κ1) is 22.1. The summed E-state index contributed by atoms with van der Waals surface area (Å²) in [6, 6.07) is 2.26. The van der Waals surface area contributed by atoms with Gasteiger partial charge in [-0.3, -0.25) is 14.4 Å². The molecule has 3 rings (SSSR count). The minimum absolute atomic E-state index is 0.0132. The Bertz CT molecular complexity index is 1090. The van der Waals surface area contributed by atoms with Crippen molar-refractivity contribution in [2.75, 3.05) is 19.5 Å². The summed E-state index contributed by atoms with van der Waals surface area (Å²) in [7, 11) is -6.97. The van der Waals surface area contributed by atoms with E-state index in [4.69, 9.17) is 16.3 Å². The van der Waals surface area contributed by atoms with Gasteiger partial charge in [0.1, 0.15) is 5.92 Å². The number of hydrogen-bond acceptors (Lipinski definition) is 8. The molecule has 158 valence electrons. The molecule has 0 amide bonds. The van der Waals surface area contributed by atoms with E-state index < -0.39 is 59.7 Å². The summed E-state index contributed by atoms with van der Waals surface area (Å²) in [5, 5.41) is -0.230. The molecule has 1 fully saturated rings. The van der Waals surface area contributed by atoms with Gasteiger partial charge in [-0.15, -0.1) is 0 Å². The highest BCUT2D eigenvalue weighted by Gasteiger charge is 2.47. The number of carbonyl (C=O) groups excluding carboxylic acids is 3. The van der Waals surface area contributed by atoms with E-state index in [0.29, 0.717) is 6.42 Å². The van der Waals surface area contributed by atoms with Crippen molar-refractivity contribution >= 4 is 48.6 Å². The van der Waals surface area contributed by atoms with E-state index in [1.807, 2.05) is 0 Å². The number of ketones is 3. The fourth-order valence-corrected chi connectivity index (χ4v) is 8.75. The Morgan fingerprint density at radius 2 is 1.83 bits per heavy atom. The third-order valence-electron chi connectivity index (χ3n) is 5.21. The van der Waals surface area contributed by atoms with Crippen molar-refractivity contribution < 1.29 is 36.0 Å². The van der Waals surface area contributed by atoms with Crippen LogP contribution in [0.25, 0.3) is 0 Å². The Hall–Kier alpha value is -1.62. The SMILES string of the molecule is COCCS(=O)(=O)C1Cc2c(ccc(C(=O)C3C(=O)CCCC3=O)c2Cl)S1(=O)=O. The minimum atomic E-state index is -4.22. The highest BCUT2D eigenvalue weighted by Crippen LogP contribution is 2.40. The van der Waals surface area contributed by atoms with Crippen molar-refractivity contribution in [1.82, 2.24) is 0 Å². The first-order valence-electron chi connectivity index (χ1n) is 8.87. The summed E-state index contributed by atoms with van der Waals surface area (Å²) in [5.41, 5.74) is -0.136. The van der Waals surface area contributed by atoms with Gasteiger partial charge in [-0.05, 0) is 24.1 Å². The molecule has 0 aromatic heterocycles. The molecular weight excluding hydrogens is 444 g/mol. The van der Waals surface area contributed by atoms with Gasteiger partial charge >= 0.3 is 0 Å². The fraction of sp³-hybridized carbons (Fsp3) is 0.500. The maximum atomic E-state index is 12.8. The second kappa shape index (κ2) is 7.90. The van der Waals surface area contributed by atoms with Crippen LogP contribution in [0.4, 0.5) is 0 Å². The van der Waals surface area contributed by atoms with Crippen LogP contribution in [0.3, 0.4) is 0 Å². The molecule has 8 nitrogen and oxygen atoms in total. The summed E-state index contributed by atoms with van der Waals surface area (Å²) in [5.74, 6) is -3.68. The third-order valence-corrected chi connectivity index (χ3v) is 10.8. The van der Waals surface area contributed by atoms with Gasteiger partial charge in [0.2, 0.25) is 0 Å². The smallest absolute Gasteiger partial charge is 0.196 e. The van der Waals surface area contributed by atoms with E-state index in [2.05, 4.69) is 0 Å². The number of sulfone groups is 2. The van der Waals surface area contributed by atoms with Crippen LogP contribution in [0.15, 0.2) is 17.0 Å². The van der Waals surface area contributed by atoms with E-state index >= 15 is 0 Å². The van der Waals surface area contributed by atoms with Crippen LogP contribution in [-0.4, -0.2) is 58.2 Å². The molecule has 1 atom stereocenters. The zero-order chi connectivity index (χ0) is 21.6. The lowest BCUT2D eigenvalue weighted by Gasteiger charge is -2.19. The lowest BCUT2D eigenvalue weighted by atomic mass is 9.81. The molecule has 1 aliphatic heterocycles. The summed E-state index contributed by atoms with van der Waals surface area (Å²) >= 11 is 6.28. The summed E-state index contributed by atoms with van der Waals surface area (Å²) in [4.78, 5) is 36.7. The monoisotopic (exact) mass is 462 g/mol. The Morgan fingerprint density at radius 3 is 2.41 bits per heavy atom. The number of halogens is 1. The van der Waals surface area contributed by atoms with Gasteiger partial charge in [0.25, 0.3) is 0 Å². The number of fused-ring (bicyclic) bond motifs is 1. The van der Waals surface area contributed by atoms with Crippen molar-refractivity contribution in [3.8, 4) is 0 Å². The van der Waals surface area contributed by atoms with Gasteiger partial charge in [0.05, 0.1) is 22.3 Å². The quantitative estimate of drug-likeness (QED) is 0.455. The number of Topliss-reactive ketones (excluding diaryl/α,β-unsaturated/α-hetero) is 3. The predicted molar refractivity (Wildman–Crippen MR) is 103 cm³/mol. The average molecular weight is 463 g/mol. The molecule has 2 aliphatic rings. The zero-order valence-corrected chi connectivity index (χ0v) is 17.9. The lowest BCUT2D eigenvalue weighted by Crippen LogP contribution is -2.35. The molecule has 1 aromatic carbocycles. The van der Waals surface area contributed by atoms with Crippen molar-refractivity contribution in [2.45, 2.75) is 35.2 Å². The van der Waals surface area contributed by atoms with Crippen molar-refractivity contribution in [2.24, 2.45) is 5.92 Å². The molecular formula is C18H19ClO8S2. The molecule has 29 heavy (non-hydrogen) atoms. The largest absolute Gasteiger partial charge is 0.384 e. The van der Waals surface area contributed by atoms with E-state index in [-0.39, 0.29) is 40.5 Å². The van der Waals surface area contributed by atoms with E-state index in [1.165, 1.54) is 7.11 Å². The average Bonchev–Trinajstić information content (AvgIpc) is 2.92. The molecule has 1 saturated carbocycles. The number of benzene rings is 1. The minimum Gasteiger partial charge on any atom is -0.384 e. The molecule has 0 bridgehead atoms. The number of ether oxygens (including phenoxy) is 1. The van der Waals surface area contributed by atoms with Crippen LogP contribution in [0.1, 0.15) is 35.2 Å². The molecule has 0 saturated heterocycles. The third kappa shape index (κ3) is 3.78. The van der Waals surface area contributed by atoms with Crippen LogP contribution in [0.2, 0.25) is 5.02 Å². The van der Waals surface area contributed by atoms with E-state index in [9.17, 15) is 31.2 Å². The Kier molecular flexibility index (Phi) is 6.01. The maximum absolute atomic E-state index is 12.8. The van der Waals surface area contributed by atoms with Crippen LogP contribution in [0, 0.1) is 5.92 Å². The van der Waals surface area contributed by atoms with Crippen LogP contribution in [0.5, 0.6) is 0 Å². The topological polar surface area (TPSA) is 129 Å². The molecule has 0 radical (unpaired) electrons. The molecule has 0 N–H and O–H groups in total. The molecule has 1 aliphatic carbocycles. The molecule has 1 heterocycles. The maximum Gasteiger partial charge on any atom is 0.196 e. The first-order valence-corrected chi connectivity index (χ1v) is 12.5. The number of methoxy groups -OCH3 is 1. The lowest BCUT2D eigenvalue weighted by molar-refractivity contribution is -0.133. The van der Waals surface area contributed by atoms with Crippen LogP contribution >= 0.6 is 11.6 Å². The van der Waals surface area contributed by atoms with Gasteiger partial charge in [-0.2, -0.15) is 0 Å². The number of hydrogen-bond donors (Lipinski definition) is 0. The number of carbonyl (C=O) groups is 3. The molecule has 11 heteroatoms. The van der Waals surface area contributed by atoms with Gasteiger partial charge in [-0.1, -0.05) is 11.6 Å². The van der Waals surface area contributed by atoms with Crippen molar-refractivity contribution in [3.05, 3.63) is 28.3 Å². The van der Waals surface area contributed by atoms with E-state index in [0.717, 1.165) is 12.1 Å². The van der Waals surface area contributed by atoms with Gasteiger partial charge in [-0.25, -0.2) is 16.8 Å². The fourth-order valence-electron chi connectivity index (χ4n) is 3.67. The van der Waals surface area contributed by atoms with Gasteiger partial charge in [0.15, 0.2) is 41.6 Å². The standard InChI is InChI=1S/C18H19ClO8S2/c1-27-7-8-28(23,24)15-9-11-14(29(15,25)26)6-5-10(17(11)19)18(22)16-12(20)3-2-4-13(16)21/h5-6,15-16H,2-4,7-9H2,1H3.